The minimum absolute atomic E-state index is 0.0261. The van der Waals surface area contributed by atoms with Gasteiger partial charge in [0.1, 0.15) is 17.6 Å². The molecule has 2 heterocycles. The smallest absolute Gasteiger partial charge is 0.141 e. The lowest BCUT2D eigenvalue weighted by molar-refractivity contribution is 0.0195. The number of nitrogen functional groups attached to an aromatic ring is 1. The van der Waals surface area contributed by atoms with Crippen LogP contribution in [-0.2, 0) is 4.74 Å². The topological polar surface area (TPSA) is 96.3 Å². The van der Waals surface area contributed by atoms with Crippen molar-refractivity contribution >= 4 is 5.84 Å². The van der Waals surface area contributed by atoms with Gasteiger partial charge >= 0.3 is 0 Å². The molecule has 0 spiro atoms. The maximum Gasteiger partial charge on any atom is 0.141 e. The van der Waals surface area contributed by atoms with Crippen molar-refractivity contribution in [2.75, 3.05) is 19.1 Å². The van der Waals surface area contributed by atoms with Crippen LogP contribution in [0.25, 0.3) is 0 Å². The molecule has 1 aliphatic rings. The third-order valence-electron chi connectivity index (χ3n) is 3.64. The second-order valence-corrected chi connectivity index (χ2v) is 5.02. The molecule has 2 rings (SSSR count). The molecule has 0 amide bonds. The zero-order valence-electron chi connectivity index (χ0n) is 11.4. The third kappa shape index (κ3) is 2.59. The van der Waals surface area contributed by atoms with E-state index < -0.39 is 0 Å². The van der Waals surface area contributed by atoms with Crippen molar-refractivity contribution in [2.24, 2.45) is 11.7 Å². The zero-order valence-corrected chi connectivity index (χ0v) is 11.4. The molecule has 6 nitrogen and oxygen atoms in total. The second kappa shape index (κ2) is 5.63. The average Bonchev–Trinajstić information content (AvgIpc) is 2.92. The predicted molar refractivity (Wildman–Crippen MR) is 73.8 cm³/mol. The normalized spacial score (nSPS) is 26.6. The van der Waals surface area contributed by atoms with E-state index >= 15 is 0 Å². The number of nitrogens with one attached hydrogen (secondary N) is 2. The van der Waals surface area contributed by atoms with E-state index in [-0.39, 0.29) is 24.7 Å². The fraction of sp³-hybridized carbons (Fsp3) is 0.615. The molecule has 3 atom stereocenters. The summed E-state index contributed by atoms with van der Waals surface area (Å²) in [6.45, 7) is 2.29. The number of aromatic nitrogens is 1. The number of hydrogen-bond donors (Lipinski definition) is 4. The molecule has 6 heteroatoms. The quantitative estimate of drug-likeness (QED) is 0.468. The Balaban J connectivity index is 2.25. The second-order valence-electron chi connectivity index (χ2n) is 5.02. The van der Waals surface area contributed by atoms with Crippen molar-refractivity contribution in [1.29, 1.82) is 5.41 Å². The lowest BCUT2D eigenvalue weighted by Gasteiger charge is -2.19. The van der Waals surface area contributed by atoms with Gasteiger partial charge in [0.25, 0.3) is 0 Å². The summed E-state index contributed by atoms with van der Waals surface area (Å²) in [5, 5.41) is 16.6. The van der Waals surface area contributed by atoms with Crippen LogP contribution in [0.1, 0.15) is 37.3 Å². The lowest BCUT2D eigenvalue weighted by atomic mass is 9.99. The molecule has 106 valence electrons. The largest absolute Gasteiger partial charge is 0.396 e. The Morgan fingerprint density at radius 2 is 2.37 bits per heavy atom. The van der Waals surface area contributed by atoms with Crippen molar-refractivity contribution < 1.29 is 9.84 Å². The van der Waals surface area contributed by atoms with Crippen LogP contribution in [0.2, 0.25) is 0 Å². The summed E-state index contributed by atoms with van der Waals surface area (Å²) in [6, 6.07) is 3.76. The molecule has 5 N–H and O–H groups in total. The van der Waals surface area contributed by atoms with Crippen molar-refractivity contribution in [2.45, 2.75) is 32.0 Å². The summed E-state index contributed by atoms with van der Waals surface area (Å²) in [6.07, 6.45) is 1.68. The van der Waals surface area contributed by atoms with Crippen molar-refractivity contribution in [3.8, 4) is 0 Å². The summed E-state index contributed by atoms with van der Waals surface area (Å²) in [5.74, 6) is 0.400. The van der Waals surface area contributed by atoms with Gasteiger partial charge in [-0.1, -0.05) is 6.92 Å². The van der Waals surface area contributed by atoms with Gasteiger partial charge in [-0.15, -0.1) is 0 Å². The average molecular weight is 266 g/mol. The SMILES string of the molecule is CNn1c(C(=N)N)ccc1C1OC(CCO)CC1C. The summed E-state index contributed by atoms with van der Waals surface area (Å²) in [4.78, 5) is 0. The molecular formula is C13H22N4O2. The highest BCUT2D eigenvalue weighted by Crippen LogP contribution is 2.39. The van der Waals surface area contributed by atoms with Gasteiger partial charge in [-0.2, -0.15) is 0 Å². The third-order valence-corrected chi connectivity index (χ3v) is 3.64. The number of aliphatic hydroxyl groups excluding tert-OH is 1. The molecule has 3 unspecified atom stereocenters. The monoisotopic (exact) mass is 266 g/mol. The first kappa shape index (κ1) is 13.9. The van der Waals surface area contributed by atoms with Gasteiger partial charge in [-0.3, -0.25) is 10.1 Å². The van der Waals surface area contributed by atoms with Crippen LogP contribution in [0.3, 0.4) is 0 Å². The van der Waals surface area contributed by atoms with Crippen LogP contribution in [0.4, 0.5) is 0 Å². The van der Waals surface area contributed by atoms with Gasteiger partial charge in [0.05, 0.1) is 11.8 Å². The number of ether oxygens (including phenoxy) is 1. The Morgan fingerprint density at radius 3 is 2.95 bits per heavy atom. The molecule has 0 radical (unpaired) electrons. The van der Waals surface area contributed by atoms with E-state index in [9.17, 15) is 0 Å². The van der Waals surface area contributed by atoms with Gasteiger partial charge in [0.15, 0.2) is 0 Å². The van der Waals surface area contributed by atoms with Crippen molar-refractivity contribution in [3.63, 3.8) is 0 Å². The van der Waals surface area contributed by atoms with Gasteiger partial charge in [0.2, 0.25) is 0 Å². The highest BCUT2D eigenvalue weighted by molar-refractivity contribution is 5.93. The number of aliphatic hydroxyl groups is 1. The molecule has 0 aromatic carbocycles. The summed E-state index contributed by atoms with van der Waals surface area (Å²) >= 11 is 0. The van der Waals surface area contributed by atoms with Crippen LogP contribution < -0.4 is 11.2 Å². The molecule has 1 aromatic rings. The van der Waals surface area contributed by atoms with Gasteiger partial charge < -0.3 is 21.0 Å². The first-order chi connectivity index (χ1) is 9.08. The minimum Gasteiger partial charge on any atom is -0.396 e. The van der Waals surface area contributed by atoms with Gasteiger partial charge in [-0.05, 0) is 30.9 Å². The van der Waals surface area contributed by atoms with Crippen LogP contribution >= 0.6 is 0 Å². The van der Waals surface area contributed by atoms with Crippen molar-refractivity contribution in [1.82, 2.24) is 4.68 Å². The van der Waals surface area contributed by atoms with E-state index in [0.29, 0.717) is 18.0 Å². The molecule has 1 aromatic heterocycles. The maximum atomic E-state index is 9.01. The summed E-state index contributed by atoms with van der Waals surface area (Å²) in [7, 11) is 1.79. The Hall–Kier alpha value is -1.53. The molecule has 1 fully saturated rings. The van der Waals surface area contributed by atoms with E-state index in [1.807, 2.05) is 12.1 Å². The van der Waals surface area contributed by atoms with E-state index in [2.05, 4.69) is 12.3 Å². The highest BCUT2D eigenvalue weighted by atomic mass is 16.5. The van der Waals surface area contributed by atoms with E-state index in [4.69, 9.17) is 21.0 Å². The van der Waals surface area contributed by atoms with E-state index in [0.717, 1.165) is 12.1 Å². The molecular weight excluding hydrogens is 244 g/mol. The fourth-order valence-electron chi connectivity index (χ4n) is 2.76. The molecule has 0 aliphatic carbocycles. The Kier molecular flexibility index (Phi) is 4.11. The lowest BCUT2D eigenvalue weighted by Crippen LogP contribution is -2.25. The van der Waals surface area contributed by atoms with Gasteiger partial charge in [-0.25, -0.2) is 0 Å². The van der Waals surface area contributed by atoms with Crippen molar-refractivity contribution in [3.05, 3.63) is 23.5 Å². The Morgan fingerprint density at radius 1 is 1.63 bits per heavy atom. The van der Waals surface area contributed by atoms with E-state index in [1.165, 1.54) is 0 Å². The first-order valence-electron chi connectivity index (χ1n) is 6.58. The number of nitrogens with two attached hydrogens (primary N) is 1. The van der Waals surface area contributed by atoms with Crippen LogP contribution in [0.5, 0.6) is 0 Å². The summed E-state index contributed by atoms with van der Waals surface area (Å²) < 4.78 is 7.80. The number of amidine groups is 1. The van der Waals surface area contributed by atoms with Gasteiger partial charge in [0, 0.05) is 13.7 Å². The molecule has 0 bridgehead atoms. The molecule has 0 saturated carbocycles. The molecule has 1 saturated heterocycles. The summed E-state index contributed by atoms with van der Waals surface area (Å²) in [5.41, 5.74) is 10.2. The predicted octanol–water partition coefficient (Wildman–Crippen LogP) is 0.794. The number of hydrogen-bond acceptors (Lipinski definition) is 4. The molecule has 19 heavy (non-hydrogen) atoms. The van der Waals surface area contributed by atoms with Crippen LogP contribution in [0, 0.1) is 11.3 Å². The highest BCUT2D eigenvalue weighted by Gasteiger charge is 2.35. The molecule has 1 aliphatic heterocycles. The fourth-order valence-corrected chi connectivity index (χ4v) is 2.76. The minimum atomic E-state index is -0.0305. The standard InChI is InChI=1S/C13H22N4O2/c1-8-7-9(5-6-18)19-12(8)10-3-4-11(13(14)15)17(10)16-2/h3-4,8-9,12,16,18H,5-7H2,1-2H3,(H3,14,15). The number of rotatable bonds is 5. The zero-order chi connectivity index (χ0) is 14.0. The first-order valence-corrected chi connectivity index (χ1v) is 6.58. The maximum absolute atomic E-state index is 9.01. The number of nitrogens with zero attached hydrogens (tertiary/aromatic N) is 1. The van der Waals surface area contributed by atoms with Crippen LogP contribution in [0.15, 0.2) is 12.1 Å². The van der Waals surface area contributed by atoms with E-state index in [1.54, 1.807) is 11.7 Å². The van der Waals surface area contributed by atoms with Crippen LogP contribution in [-0.4, -0.2) is 35.4 Å². The Bertz CT molecular complexity index is 457. The Labute approximate surface area is 113 Å².